The molecule has 0 saturated heterocycles. The summed E-state index contributed by atoms with van der Waals surface area (Å²) >= 11 is 6.13. The van der Waals surface area contributed by atoms with Crippen LogP contribution in [-0.4, -0.2) is 9.97 Å². The van der Waals surface area contributed by atoms with Crippen LogP contribution in [0.15, 0.2) is 54.7 Å². The van der Waals surface area contributed by atoms with Gasteiger partial charge in [0.05, 0.1) is 11.3 Å². The molecule has 0 radical (unpaired) electrons. The summed E-state index contributed by atoms with van der Waals surface area (Å²) in [4.78, 5) is 8.64. The van der Waals surface area contributed by atoms with Crippen LogP contribution >= 0.6 is 11.6 Å². The number of nitriles is 1. The molecule has 0 amide bonds. The van der Waals surface area contributed by atoms with Crippen LogP contribution < -0.4 is 10.6 Å². The zero-order valence-electron chi connectivity index (χ0n) is 12.9. The molecule has 0 unspecified atom stereocenters. The van der Waals surface area contributed by atoms with Gasteiger partial charge in [0, 0.05) is 16.9 Å². The number of aromatic nitrogens is 2. The fourth-order valence-electron chi connectivity index (χ4n) is 2.18. The molecular weight excluding hydrogens is 322 g/mol. The van der Waals surface area contributed by atoms with Crippen molar-refractivity contribution in [2.75, 3.05) is 10.6 Å². The van der Waals surface area contributed by atoms with Crippen LogP contribution in [0.25, 0.3) is 0 Å². The molecule has 5 nitrogen and oxygen atoms in total. The highest BCUT2D eigenvalue weighted by Crippen LogP contribution is 2.25. The average molecular weight is 336 g/mol. The Bertz CT molecular complexity index is 917. The highest BCUT2D eigenvalue weighted by Gasteiger charge is 2.06. The van der Waals surface area contributed by atoms with Crippen molar-refractivity contribution < 1.29 is 0 Å². The van der Waals surface area contributed by atoms with Gasteiger partial charge in [0.1, 0.15) is 11.9 Å². The molecule has 118 valence electrons. The molecule has 2 aromatic carbocycles. The SMILES string of the molecule is Cc1c(Cl)cccc1Nc1nccc(Nc2ccccc2C#N)n1. The van der Waals surface area contributed by atoms with E-state index in [4.69, 9.17) is 16.9 Å². The Balaban J connectivity index is 1.84. The number of hydrogen-bond donors (Lipinski definition) is 2. The first kappa shape index (κ1) is 15.8. The lowest BCUT2D eigenvalue weighted by Gasteiger charge is -2.11. The summed E-state index contributed by atoms with van der Waals surface area (Å²) < 4.78 is 0. The van der Waals surface area contributed by atoms with Crippen molar-refractivity contribution in [1.82, 2.24) is 9.97 Å². The van der Waals surface area contributed by atoms with Gasteiger partial charge in [-0.25, -0.2) is 4.98 Å². The molecule has 0 bridgehead atoms. The predicted molar refractivity (Wildman–Crippen MR) is 95.9 cm³/mol. The van der Waals surface area contributed by atoms with Gasteiger partial charge < -0.3 is 10.6 Å². The molecule has 0 atom stereocenters. The third-order valence-electron chi connectivity index (χ3n) is 3.48. The van der Waals surface area contributed by atoms with Crippen LogP contribution in [0.1, 0.15) is 11.1 Å². The average Bonchev–Trinajstić information content (AvgIpc) is 2.60. The fraction of sp³-hybridized carbons (Fsp3) is 0.0556. The molecule has 6 heteroatoms. The summed E-state index contributed by atoms with van der Waals surface area (Å²) in [6.07, 6.45) is 1.65. The Kier molecular flexibility index (Phi) is 4.59. The summed E-state index contributed by atoms with van der Waals surface area (Å²) in [5.41, 5.74) is 3.02. The van der Waals surface area contributed by atoms with Crippen LogP contribution in [0.3, 0.4) is 0 Å². The second kappa shape index (κ2) is 6.99. The fourth-order valence-corrected chi connectivity index (χ4v) is 2.35. The van der Waals surface area contributed by atoms with Gasteiger partial charge >= 0.3 is 0 Å². The van der Waals surface area contributed by atoms with Gasteiger partial charge in [0.2, 0.25) is 5.95 Å². The predicted octanol–water partition coefficient (Wildman–Crippen LogP) is 4.80. The number of rotatable bonds is 4. The molecule has 24 heavy (non-hydrogen) atoms. The van der Waals surface area contributed by atoms with E-state index >= 15 is 0 Å². The Morgan fingerprint density at radius 3 is 2.62 bits per heavy atom. The molecule has 0 aliphatic rings. The molecule has 0 spiro atoms. The van der Waals surface area contributed by atoms with Crippen molar-refractivity contribution >= 4 is 34.7 Å². The van der Waals surface area contributed by atoms with E-state index in [0.29, 0.717) is 28.0 Å². The number of halogens is 1. The monoisotopic (exact) mass is 335 g/mol. The Morgan fingerprint density at radius 1 is 1.00 bits per heavy atom. The van der Waals surface area contributed by atoms with E-state index in [9.17, 15) is 0 Å². The zero-order chi connectivity index (χ0) is 16.9. The van der Waals surface area contributed by atoms with Crippen LogP contribution in [0.2, 0.25) is 5.02 Å². The topological polar surface area (TPSA) is 73.6 Å². The number of para-hydroxylation sites is 1. The maximum Gasteiger partial charge on any atom is 0.229 e. The standard InChI is InChI=1S/C18H14ClN5/c1-12-14(19)6-4-8-15(12)23-18-21-10-9-17(24-18)22-16-7-3-2-5-13(16)11-20/h2-10H,1H3,(H2,21,22,23,24). The molecule has 2 N–H and O–H groups in total. The second-order valence-electron chi connectivity index (χ2n) is 5.09. The third kappa shape index (κ3) is 3.45. The van der Waals surface area contributed by atoms with Crippen molar-refractivity contribution in [3.63, 3.8) is 0 Å². The number of benzene rings is 2. The minimum Gasteiger partial charge on any atom is -0.339 e. The molecule has 1 aromatic heterocycles. The highest BCUT2D eigenvalue weighted by molar-refractivity contribution is 6.31. The molecule has 0 saturated carbocycles. The molecular formula is C18H14ClN5. The normalized spacial score (nSPS) is 10.0. The van der Waals surface area contributed by atoms with Crippen molar-refractivity contribution in [3.05, 3.63) is 70.9 Å². The van der Waals surface area contributed by atoms with E-state index in [2.05, 4.69) is 26.7 Å². The van der Waals surface area contributed by atoms with Crippen LogP contribution in [0.5, 0.6) is 0 Å². The Morgan fingerprint density at radius 2 is 1.79 bits per heavy atom. The quantitative estimate of drug-likeness (QED) is 0.716. The van der Waals surface area contributed by atoms with E-state index in [1.54, 1.807) is 18.3 Å². The second-order valence-corrected chi connectivity index (χ2v) is 5.49. The van der Waals surface area contributed by atoms with Gasteiger partial charge in [-0.1, -0.05) is 29.8 Å². The van der Waals surface area contributed by atoms with Gasteiger partial charge in [-0.3, -0.25) is 0 Å². The van der Waals surface area contributed by atoms with E-state index in [-0.39, 0.29) is 0 Å². The highest BCUT2D eigenvalue weighted by atomic mass is 35.5. The Hall–Kier alpha value is -3.10. The van der Waals surface area contributed by atoms with Gasteiger partial charge in [-0.15, -0.1) is 0 Å². The van der Waals surface area contributed by atoms with Crippen molar-refractivity contribution in [2.45, 2.75) is 6.92 Å². The van der Waals surface area contributed by atoms with Crippen molar-refractivity contribution in [1.29, 1.82) is 5.26 Å². The number of nitrogens with zero attached hydrogens (tertiary/aromatic N) is 3. The van der Waals surface area contributed by atoms with Crippen molar-refractivity contribution in [2.24, 2.45) is 0 Å². The zero-order valence-corrected chi connectivity index (χ0v) is 13.7. The van der Waals surface area contributed by atoms with E-state index in [1.165, 1.54) is 0 Å². The smallest absolute Gasteiger partial charge is 0.229 e. The summed E-state index contributed by atoms with van der Waals surface area (Å²) in [5.74, 6) is 1.04. The number of hydrogen-bond acceptors (Lipinski definition) is 5. The molecule has 1 heterocycles. The molecule has 0 fully saturated rings. The lowest BCUT2D eigenvalue weighted by molar-refractivity contribution is 1.16. The first-order valence-corrected chi connectivity index (χ1v) is 7.66. The lowest BCUT2D eigenvalue weighted by atomic mass is 10.2. The minimum absolute atomic E-state index is 0.444. The van der Waals surface area contributed by atoms with E-state index in [0.717, 1.165) is 11.3 Å². The first-order valence-electron chi connectivity index (χ1n) is 7.28. The largest absolute Gasteiger partial charge is 0.339 e. The summed E-state index contributed by atoms with van der Waals surface area (Å²) in [6, 6.07) is 16.8. The Labute approximate surface area is 145 Å². The lowest BCUT2D eigenvalue weighted by Crippen LogP contribution is -2.02. The van der Waals surface area contributed by atoms with Crippen LogP contribution in [-0.2, 0) is 0 Å². The molecule has 3 aromatic rings. The molecule has 0 aliphatic heterocycles. The van der Waals surface area contributed by atoms with Gasteiger partial charge in [-0.2, -0.15) is 10.2 Å². The van der Waals surface area contributed by atoms with Gasteiger partial charge in [0.15, 0.2) is 0 Å². The first-order chi connectivity index (χ1) is 11.7. The molecule has 3 rings (SSSR count). The summed E-state index contributed by atoms with van der Waals surface area (Å²) in [7, 11) is 0. The van der Waals surface area contributed by atoms with E-state index < -0.39 is 0 Å². The van der Waals surface area contributed by atoms with Gasteiger partial charge in [-0.05, 0) is 42.8 Å². The number of nitrogens with one attached hydrogen (secondary N) is 2. The minimum atomic E-state index is 0.444. The summed E-state index contributed by atoms with van der Waals surface area (Å²) in [6.45, 7) is 1.93. The maximum atomic E-state index is 9.15. The van der Waals surface area contributed by atoms with E-state index in [1.807, 2.05) is 43.3 Å². The van der Waals surface area contributed by atoms with Crippen molar-refractivity contribution in [3.8, 4) is 6.07 Å². The maximum absolute atomic E-state index is 9.15. The van der Waals surface area contributed by atoms with Crippen LogP contribution in [0.4, 0.5) is 23.1 Å². The number of anilines is 4. The molecule has 0 aliphatic carbocycles. The summed E-state index contributed by atoms with van der Waals surface area (Å²) in [5, 5.41) is 16.1. The third-order valence-corrected chi connectivity index (χ3v) is 3.89. The van der Waals surface area contributed by atoms with Crippen LogP contribution in [0, 0.1) is 18.3 Å². The van der Waals surface area contributed by atoms with Gasteiger partial charge in [0.25, 0.3) is 0 Å².